The first-order chi connectivity index (χ1) is 13.4. The minimum Gasteiger partial charge on any atom is -0.421 e. The second-order valence-electron chi connectivity index (χ2n) is 7.45. The summed E-state index contributed by atoms with van der Waals surface area (Å²) in [5.74, 6) is -0.399. The summed E-state index contributed by atoms with van der Waals surface area (Å²) in [4.78, 5) is 27.7. The van der Waals surface area contributed by atoms with Gasteiger partial charge in [-0.1, -0.05) is 43.7 Å². The van der Waals surface area contributed by atoms with Crippen molar-refractivity contribution in [1.29, 1.82) is 0 Å². The Bertz CT molecular complexity index is 818. The molecule has 2 heterocycles. The predicted molar refractivity (Wildman–Crippen MR) is 103 cm³/mol. The second-order valence-corrected chi connectivity index (χ2v) is 7.45. The van der Waals surface area contributed by atoms with Crippen LogP contribution in [0.4, 0.5) is 0 Å². The third-order valence-corrected chi connectivity index (χ3v) is 4.87. The van der Waals surface area contributed by atoms with E-state index >= 15 is 0 Å². The molecule has 28 heavy (non-hydrogen) atoms. The largest absolute Gasteiger partial charge is 0.421 e. The topological polar surface area (TPSA) is 106 Å². The Morgan fingerprint density at radius 1 is 1.11 bits per heavy atom. The van der Waals surface area contributed by atoms with Crippen molar-refractivity contribution in [3.05, 3.63) is 47.7 Å². The molecule has 2 aromatic rings. The van der Waals surface area contributed by atoms with E-state index in [1.54, 1.807) is 4.90 Å². The molecule has 8 nitrogen and oxygen atoms in total. The lowest BCUT2D eigenvalue weighted by atomic mass is 9.94. The number of rotatable bonds is 8. The molecule has 0 spiro atoms. The van der Waals surface area contributed by atoms with Crippen LogP contribution in [0, 0.1) is 0 Å². The fraction of sp³-hybridized carbons (Fsp3) is 0.500. The summed E-state index contributed by atoms with van der Waals surface area (Å²) in [7, 11) is 0. The van der Waals surface area contributed by atoms with Gasteiger partial charge in [-0.3, -0.25) is 9.59 Å². The van der Waals surface area contributed by atoms with Crippen LogP contribution in [-0.2, 0) is 28.1 Å². The van der Waals surface area contributed by atoms with Crippen LogP contribution >= 0.6 is 0 Å². The van der Waals surface area contributed by atoms with E-state index in [2.05, 4.69) is 17.1 Å². The lowest BCUT2D eigenvalue weighted by Gasteiger charge is -2.33. The number of hydrogen-bond acceptors (Lipinski definition) is 6. The lowest BCUT2D eigenvalue weighted by Crippen LogP contribution is -2.54. The number of piperazine rings is 1. The second kappa shape index (κ2) is 8.52. The maximum absolute atomic E-state index is 12.4. The normalized spacial score (nSPS) is 17.1. The van der Waals surface area contributed by atoms with Crippen LogP contribution in [0.5, 0.6) is 0 Å². The number of aromatic nitrogens is 2. The highest BCUT2D eigenvalue weighted by Crippen LogP contribution is 2.22. The van der Waals surface area contributed by atoms with Gasteiger partial charge in [0.15, 0.2) is 0 Å². The van der Waals surface area contributed by atoms with Crippen LogP contribution in [-0.4, -0.2) is 51.4 Å². The van der Waals surface area contributed by atoms with E-state index in [9.17, 15) is 9.59 Å². The minimum atomic E-state index is -0.828. The first-order valence-corrected chi connectivity index (χ1v) is 9.64. The molecule has 1 fully saturated rings. The maximum atomic E-state index is 12.4. The van der Waals surface area contributed by atoms with Gasteiger partial charge in [-0.25, -0.2) is 0 Å². The summed E-state index contributed by atoms with van der Waals surface area (Å²) in [5, 5.41) is 8.10. The number of benzene rings is 1. The summed E-state index contributed by atoms with van der Waals surface area (Å²) >= 11 is 0. The lowest BCUT2D eigenvalue weighted by molar-refractivity contribution is -0.156. The first kappa shape index (κ1) is 20.0. The smallest absolute Gasteiger partial charge is 0.312 e. The monoisotopic (exact) mass is 385 g/mol. The molecule has 1 aromatic carbocycles. The standard InChI is InChI=1S/C20H27N5O3/c1-3-4-10-24-11-12-25(18(27)17(24)26)14-16-22-23-19(28-16)20(2,21)13-15-8-6-5-7-9-15/h5-9H,3-4,10-14,21H2,1-2H3/t20-/m1/s1. The van der Waals surface area contributed by atoms with Gasteiger partial charge < -0.3 is 20.0 Å². The van der Waals surface area contributed by atoms with Crippen molar-refractivity contribution in [2.45, 2.75) is 45.2 Å². The Labute approximate surface area is 164 Å². The van der Waals surface area contributed by atoms with Gasteiger partial charge in [-0.05, 0) is 25.3 Å². The molecule has 1 aliphatic heterocycles. The number of hydrogen-bond donors (Lipinski definition) is 1. The molecule has 0 aliphatic carbocycles. The molecule has 0 bridgehead atoms. The van der Waals surface area contributed by atoms with Crippen molar-refractivity contribution >= 4 is 11.8 Å². The van der Waals surface area contributed by atoms with Gasteiger partial charge in [-0.15, -0.1) is 10.2 Å². The molecule has 0 radical (unpaired) electrons. The highest BCUT2D eigenvalue weighted by Gasteiger charge is 2.34. The van der Waals surface area contributed by atoms with Crippen LogP contribution in [0.3, 0.4) is 0 Å². The summed E-state index contributed by atoms with van der Waals surface area (Å²) in [6, 6.07) is 9.83. The van der Waals surface area contributed by atoms with Crippen LogP contribution in [0.2, 0.25) is 0 Å². The summed E-state index contributed by atoms with van der Waals surface area (Å²) in [5.41, 5.74) is 6.63. The van der Waals surface area contributed by atoms with Gasteiger partial charge in [0.1, 0.15) is 0 Å². The molecule has 8 heteroatoms. The minimum absolute atomic E-state index is 0.112. The molecule has 2 amide bonds. The summed E-state index contributed by atoms with van der Waals surface area (Å²) in [6.07, 6.45) is 2.42. The molecule has 0 saturated carbocycles. The summed E-state index contributed by atoms with van der Waals surface area (Å²) < 4.78 is 5.73. The molecule has 3 rings (SSSR count). The SMILES string of the molecule is CCCCN1CCN(Cc2nnc([C@](C)(N)Cc3ccccc3)o2)C(=O)C1=O. The van der Waals surface area contributed by atoms with Gasteiger partial charge >= 0.3 is 11.8 Å². The zero-order valence-electron chi connectivity index (χ0n) is 16.4. The van der Waals surface area contributed by atoms with E-state index in [-0.39, 0.29) is 12.4 Å². The first-order valence-electron chi connectivity index (χ1n) is 9.64. The van der Waals surface area contributed by atoms with Crippen molar-refractivity contribution in [2.75, 3.05) is 19.6 Å². The Hall–Kier alpha value is -2.74. The fourth-order valence-electron chi connectivity index (χ4n) is 3.24. The Morgan fingerprint density at radius 2 is 1.79 bits per heavy atom. The van der Waals surface area contributed by atoms with Gasteiger partial charge in [0.2, 0.25) is 11.8 Å². The molecule has 1 saturated heterocycles. The van der Waals surface area contributed by atoms with Crippen molar-refractivity contribution in [3.8, 4) is 0 Å². The molecule has 1 aliphatic rings. The Kier molecular flexibility index (Phi) is 6.08. The molecule has 1 aromatic heterocycles. The molecular formula is C20H27N5O3. The highest BCUT2D eigenvalue weighted by molar-refractivity contribution is 6.35. The van der Waals surface area contributed by atoms with E-state index in [1.165, 1.54) is 4.90 Å². The zero-order valence-corrected chi connectivity index (χ0v) is 16.4. The number of amides is 2. The molecule has 150 valence electrons. The van der Waals surface area contributed by atoms with Crippen molar-refractivity contribution in [1.82, 2.24) is 20.0 Å². The third kappa shape index (κ3) is 4.56. The fourth-order valence-corrected chi connectivity index (χ4v) is 3.24. The van der Waals surface area contributed by atoms with Gasteiger partial charge in [0.05, 0.1) is 12.1 Å². The van der Waals surface area contributed by atoms with Crippen LogP contribution in [0.25, 0.3) is 0 Å². The van der Waals surface area contributed by atoms with E-state index < -0.39 is 17.4 Å². The van der Waals surface area contributed by atoms with Crippen LogP contribution < -0.4 is 5.73 Å². The van der Waals surface area contributed by atoms with E-state index in [1.807, 2.05) is 37.3 Å². The van der Waals surface area contributed by atoms with Crippen LogP contribution in [0.1, 0.15) is 44.0 Å². The van der Waals surface area contributed by atoms with Crippen molar-refractivity contribution < 1.29 is 14.0 Å². The van der Waals surface area contributed by atoms with Gasteiger partial charge in [0.25, 0.3) is 0 Å². The highest BCUT2D eigenvalue weighted by atomic mass is 16.4. The molecule has 2 N–H and O–H groups in total. The zero-order chi connectivity index (χ0) is 20.1. The van der Waals surface area contributed by atoms with E-state index in [0.717, 1.165) is 18.4 Å². The van der Waals surface area contributed by atoms with Crippen molar-refractivity contribution in [2.24, 2.45) is 5.73 Å². The predicted octanol–water partition coefficient (Wildman–Crippen LogP) is 1.46. The third-order valence-electron chi connectivity index (χ3n) is 4.87. The van der Waals surface area contributed by atoms with E-state index in [4.69, 9.17) is 10.2 Å². The number of nitrogens with two attached hydrogens (primary N) is 1. The Balaban J connectivity index is 1.63. The number of unbranched alkanes of at least 4 members (excludes halogenated alkanes) is 1. The molecule has 0 unspecified atom stereocenters. The van der Waals surface area contributed by atoms with E-state index in [0.29, 0.717) is 31.9 Å². The average molecular weight is 385 g/mol. The van der Waals surface area contributed by atoms with Crippen molar-refractivity contribution in [3.63, 3.8) is 0 Å². The van der Waals surface area contributed by atoms with Gasteiger partial charge in [0, 0.05) is 19.6 Å². The molecular weight excluding hydrogens is 358 g/mol. The Morgan fingerprint density at radius 3 is 2.50 bits per heavy atom. The number of nitrogens with zero attached hydrogens (tertiary/aromatic N) is 4. The van der Waals surface area contributed by atoms with Gasteiger partial charge in [-0.2, -0.15) is 0 Å². The average Bonchev–Trinajstić information content (AvgIpc) is 3.15. The maximum Gasteiger partial charge on any atom is 0.312 e. The quantitative estimate of drug-likeness (QED) is 0.690. The molecule has 1 atom stereocenters. The number of carbonyl (C=O) groups excluding carboxylic acids is 2. The summed E-state index contributed by atoms with van der Waals surface area (Å²) in [6.45, 7) is 5.59. The number of carbonyl (C=O) groups is 2. The van der Waals surface area contributed by atoms with Crippen LogP contribution in [0.15, 0.2) is 34.7 Å².